The molecule has 3 aromatic rings. The Hall–Kier alpha value is -2.08. The van der Waals surface area contributed by atoms with Crippen LogP contribution in [0, 0.1) is 6.92 Å². The molecule has 0 aromatic carbocycles. The first kappa shape index (κ1) is 11.0. The fourth-order valence-corrected chi connectivity index (χ4v) is 3.14. The number of aromatic nitrogens is 3. The summed E-state index contributed by atoms with van der Waals surface area (Å²) in [4.78, 5) is 6.46. The van der Waals surface area contributed by atoms with Crippen molar-refractivity contribution in [1.29, 1.82) is 0 Å². The van der Waals surface area contributed by atoms with Gasteiger partial charge in [-0.2, -0.15) is 5.10 Å². The molecule has 0 radical (unpaired) electrons. The summed E-state index contributed by atoms with van der Waals surface area (Å²) in [7, 11) is 1.94. The molecule has 0 aliphatic heterocycles. The van der Waals surface area contributed by atoms with Gasteiger partial charge in [0.15, 0.2) is 0 Å². The second-order valence-corrected chi connectivity index (χ2v) is 5.23. The molecule has 0 fully saturated rings. The van der Waals surface area contributed by atoms with Crippen LogP contribution in [0.3, 0.4) is 0 Å². The number of nitrogens with zero attached hydrogens (tertiary/aromatic N) is 3. The molecule has 5 nitrogen and oxygen atoms in total. The zero-order chi connectivity index (χ0) is 12.9. The van der Waals surface area contributed by atoms with E-state index in [1.165, 1.54) is 0 Å². The van der Waals surface area contributed by atoms with Gasteiger partial charge in [0.25, 0.3) is 0 Å². The third kappa shape index (κ3) is 1.46. The minimum absolute atomic E-state index is 0.537. The molecule has 4 N–H and O–H groups in total. The number of fused-ring (bicyclic) bond motifs is 1. The average molecular weight is 259 g/mol. The Morgan fingerprint density at radius 1 is 1.33 bits per heavy atom. The molecule has 0 amide bonds. The van der Waals surface area contributed by atoms with Crippen molar-refractivity contribution >= 4 is 32.9 Å². The van der Waals surface area contributed by atoms with Gasteiger partial charge < -0.3 is 11.5 Å². The number of thiophene rings is 1. The average Bonchev–Trinajstić information content (AvgIpc) is 2.86. The first-order valence-electron chi connectivity index (χ1n) is 5.51. The van der Waals surface area contributed by atoms with Gasteiger partial charge in [-0.05, 0) is 19.1 Å². The van der Waals surface area contributed by atoms with E-state index in [2.05, 4.69) is 16.1 Å². The van der Waals surface area contributed by atoms with Crippen LogP contribution >= 0.6 is 11.3 Å². The van der Waals surface area contributed by atoms with Gasteiger partial charge in [-0.1, -0.05) is 0 Å². The molecular formula is C12H13N5S. The van der Waals surface area contributed by atoms with Crippen molar-refractivity contribution in [2.75, 3.05) is 11.5 Å². The second kappa shape index (κ2) is 3.71. The van der Waals surface area contributed by atoms with E-state index in [1.807, 2.05) is 18.7 Å². The maximum absolute atomic E-state index is 5.98. The zero-order valence-corrected chi connectivity index (χ0v) is 11.0. The maximum Gasteiger partial charge on any atom is 0.121 e. The van der Waals surface area contributed by atoms with Gasteiger partial charge in [0.05, 0.1) is 21.9 Å². The van der Waals surface area contributed by atoms with Gasteiger partial charge in [-0.15, -0.1) is 11.3 Å². The molecule has 92 valence electrons. The van der Waals surface area contributed by atoms with Crippen molar-refractivity contribution < 1.29 is 0 Å². The molecule has 0 unspecified atom stereocenters. The third-order valence-electron chi connectivity index (χ3n) is 2.95. The van der Waals surface area contributed by atoms with E-state index in [9.17, 15) is 0 Å². The Morgan fingerprint density at radius 2 is 2.11 bits per heavy atom. The van der Waals surface area contributed by atoms with Crippen molar-refractivity contribution in [1.82, 2.24) is 14.8 Å². The fraction of sp³-hybridized carbons (Fsp3) is 0.167. The topological polar surface area (TPSA) is 82.8 Å². The van der Waals surface area contributed by atoms with E-state index in [1.54, 1.807) is 23.6 Å². The number of hydrogen-bond acceptors (Lipinski definition) is 5. The van der Waals surface area contributed by atoms with E-state index in [4.69, 9.17) is 11.5 Å². The van der Waals surface area contributed by atoms with Gasteiger partial charge in [-0.25, -0.2) is 0 Å². The molecule has 3 aromatic heterocycles. The lowest BCUT2D eigenvalue weighted by atomic mass is 10.2. The molecule has 18 heavy (non-hydrogen) atoms. The summed E-state index contributed by atoms with van der Waals surface area (Å²) in [6.45, 7) is 2.00. The van der Waals surface area contributed by atoms with Crippen LogP contribution in [-0.4, -0.2) is 14.8 Å². The van der Waals surface area contributed by atoms with Gasteiger partial charge in [-0.3, -0.25) is 9.67 Å². The minimum Gasteiger partial charge on any atom is -0.397 e. The molecule has 0 aliphatic rings. The highest BCUT2D eigenvalue weighted by Gasteiger charge is 2.14. The molecule has 0 saturated heterocycles. The quantitative estimate of drug-likeness (QED) is 0.701. The van der Waals surface area contributed by atoms with Gasteiger partial charge in [0.1, 0.15) is 10.5 Å². The van der Waals surface area contributed by atoms with Crippen LogP contribution in [0.5, 0.6) is 0 Å². The third-order valence-corrected chi connectivity index (χ3v) is 4.16. The second-order valence-electron chi connectivity index (χ2n) is 4.20. The predicted octanol–water partition coefficient (Wildman–Crippen LogP) is 2.17. The van der Waals surface area contributed by atoms with Gasteiger partial charge in [0, 0.05) is 18.6 Å². The number of hydrogen-bond donors (Lipinski definition) is 2. The number of anilines is 2. The first-order valence-corrected chi connectivity index (χ1v) is 6.33. The van der Waals surface area contributed by atoms with E-state index in [0.717, 1.165) is 26.5 Å². The monoisotopic (exact) mass is 259 g/mol. The number of rotatable bonds is 1. The van der Waals surface area contributed by atoms with Crippen LogP contribution < -0.4 is 11.5 Å². The number of pyridine rings is 1. The lowest BCUT2D eigenvalue weighted by Crippen LogP contribution is -1.98. The van der Waals surface area contributed by atoms with Crippen LogP contribution in [0.1, 0.15) is 5.69 Å². The normalized spacial score (nSPS) is 11.2. The summed E-state index contributed by atoms with van der Waals surface area (Å²) in [5.74, 6) is 0. The molecular weight excluding hydrogens is 246 g/mol. The minimum atomic E-state index is 0.537. The van der Waals surface area contributed by atoms with Crippen molar-refractivity contribution in [2.24, 2.45) is 7.05 Å². The highest BCUT2D eigenvalue weighted by Crippen LogP contribution is 2.37. The number of aryl methyl sites for hydroxylation is 2. The highest BCUT2D eigenvalue weighted by atomic mass is 32.1. The summed E-state index contributed by atoms with van der Waals surface area (Å²) in [5.41, 5.74) is 14.6. The van der Waals surface area contributed by atoms with E-state index >= 15 is 0 Å². The lowest BCUT2D eigenvalue weighted by molar-refractivity contribution is 0.788. The Labute approximate surface area is 108 Å². The molecule has 3 heterocycles. The summed E-state index contributed by atoms with van der Waals surface area (Å²) >= 11 is 1.62. The predicted molar refractivity (Wildman–Crippen MR) is 75.4 cm³/mol. The van der Waals surface area contributed by atoms with Gasteiger partial charge in [0.2, 0.25) is 0 Å². The Balaban J connectivity index is 2.26. The largest absolute Gasteiger partial charge is 0.397 e. The molecule has 6 heteroatoms. The standard InChI is InChI=1S/C12H13N5S/c1-6-7-5-9(18-12(7)17(2)16-6)11-10(14)8(13)3-4-15-11/h3-5H,14H2,1-2H3,(H2,13,15). The Morgan fingerprint density at radius 3 is 2.83 bits per heavy atom. The highest BCUT2D eigenvalue weighted by molar-refractivity contribution is 7.22. The molecule has 0 aliphatic carbocycles. The van der Waals surface area contributed by atoms with E-state index in [-0.39, 0.29) is 0 Å². The summed E-state index contributed by atoms with van der Waals surface area (Å²) in [6.07, 6.45) is 1.68. The molecule has 0 spiro atoms. The molecule has 0 atom stereocenters. The molecule has 0 bridgehead atoms. The molecule has 0 saturated carbocycles. The zero-order valence-electron chi connectivity index (χ0n) is 10.1. The number of nitrogens with two attached hydrogens (primary N) is 2. The summed E-state index contributed by atoms with van der Waals surface area (Å²) in [5, 5.41) is 5.52. The van der Waals surface area contributed by atoms with Crippen molar-refractivity contribution in [3.05, 3.63) is 24.0 Å². The maximum atomic E-state index is 5.98. The van der Waals surface area contributed by atoms with Crippen LogP contribution in [-0.2, 0) is 7.05 Å². The van der Waals surface area contributed by atoms with Crippen molar-refractivity contribution in [3.63, 3.8) is 0 Å². The van der Waals surface area contributed by atoms with Crippen molar-refractivity contribution in [3.8, 4) is 10.6 Å². The van der Waals surface area contributed by atoms with E-state index < -0.39 is 0 Å². The van der Waals surface area contributed by atoms with Gasteiger partial charge >= 0.3 is 0 Å². The summed E-state index contributed by atoms with van der Waals surface area (Å²) in [6, 6.07) is 3.78. The van der Waals surface area contributed by atoms with Crippen LogP contribution in [0.25, 0.3) is 20.8 Å². The van der Waals surface area contributed by atoms with Crippen LogP contribution in [0.2, 0.25) is 0 Å². The Bertz CT molecular complexity index is 706. The first-order chi connectivity index (χ1) is 8.58. The van der Waals surface area contributed by atoms with E-state index in [0.29, 0.717) is 11.4 Å². The molecule has 3 rings (SSSR count). The van der Waals surface area contributed by atoms with Crippen LogP contribution in [0.15, 0.2) is 18.3 Å². The smallest absolute Gasteiger partial charge is 0.121 e. The Kier molecular flexibility index (Phi) is 2.27. The lowest BCUT2D eigenvalue weighted by Gasteiger charge is -2.04. The summed E-state index contributed by atoms with van der Waals surface area (Å²) < 4.78 is 1.88. The van der Waals surface area contributed by atoms with Crippen molar-refractivity contribution in [2.45, 2.75) is 6.92 Å². The van der Waals surface area contributed by atoms with Crippen LogP contribution in [0.4, 0.5) is 11.4 Å². The number of nitrogen functional groups attached to an aromatic ring is 2. The SMILES string of the molecule is Cc1nn(C)c2sc(-c3nccc(N)c3N)cc12. The fourth-order valence-electron chi connectivity index (χ4n) is 2.01.